The summed E-state index contributed by atoms with van der Waals surface area (Å²) in [5.74, 6) is 0.444. The second-order valence-electron chi connectivity index (χ2n) is 9.54. The van der Waals surface area contributed by atoms with E-state index in [1.165, 1.54) is 0 Å². The molecule has 2 aliphatic rings. The summed E-state index contributed by atoms with van der Waals surface area (Å²) in [5.41, 5.74) is 6.40. The van der Waals surface area contributed by atoms with Crippen molar-refractivity contribution < 1.29 is 14.6 Å². The van der Waals surface area contributed by atoms with Crippen LogP contribution in [0.4, 0.5) is 5.69 Å². The lowest BCUT2D eigenvalue weighted by Crippen LogP contribution is -2.21. The van der Waals surface area contributed by atoms with Gasteiger partial charge in [-0.3, -0.25) is 10.2 Å². The molecule has 1 aliphatic carbocycles. The Labute approximate surface area is 220 Å². The van der Waals surface area contributed by atoms with Crippen LogP contribution in [0.2, 0.25) is 5.02 Å². The van der Waals surface area contributed by atoms with Crippen LogP contribution < -0.4 is 5.32 Å². The Hall–Kier alpha value is -4.09. The maximum Gasteiger partial charge on any atom is 0.235 e. The molecule has 0 radical (unpaired) electrons. The van der Waals surface area contributed by atoms with Crippen molar-refractivity contribution in [3.8, 4) is 28.0 Å². The largest absolute Gasteiger partial charge is 0.507 e. The predicted molar refractivity (Wildman–Crippen MR) is 147 cm³/mol. The molecule has 184 valence electrons. The fraction of sp³-hybridized carbons (Fsp3) is 0.161. The molecule has 4 aromatic rings. The SMILES string of the molecule is CCOC(=N)c1ccc(C2CC23C(=O)Nc2cc(Cl)c(-c4ccc(-c5ccccc5O)cc4)cc23)cc1. The second-order valence-corrected chi connectivity index (χ2v) is 9.95. The summed E-state index contributed by atoms with van der Waals surface area (Å²) >= 11 is 6.69. The van der Waals surface area contributed by atoms with Gasteiger partial charge in [-0.15, -0.1) is 0 Å². The summed E-state index contributed by atoms with van der Waals surface area (Å²) < 4.78 is 5.30. The van der Waals surface area contributed by atoms with Gasteiger partial charge in [-0.25, -0.2) is 0 Å². The van der Waals surface area contributed by atoms with Crippen molar-refractivity contribution >= 4 is 29.1 Å². The van der Waals surface area contributed by atoms with E-state index in [0.717, 1.165) is 51.1 Å². The lowest BCUT2D eigenvalue weighted by atomic mass is 9.89. The summed E-state index contributed by atoms with van der Waals surface area (Å²) in [6, 6.07) is 26.8. The molecule has 3 N–H and O–H groups in total. The average molecular weight is 509 g/mol. The van der Waals surface area contributed by atoms with Gasteiger partial charge in [-0.2, -0.15) is 0 Å². The minimum atomic E-state index is -0.612. The monoisotopic (exact) mass is 508 g/mol. The molecule has 0 aromatic heterocycles. The molecule has 0 saturated heterocycles. The van der Waals surface area contributed by atoms with E-state index in [1.807, 2.05) is 79.7 Å². The normalized spacial score (nSPS) is 19.4. The molecule has 1 heterocycles. The molecule has 37 heavy (non-hydrogen) atoms. The Morgan fingerprint density at radius 1 is 1.03 bits per heavy atom. The number of carbonyl (C=O) groups excluding carboxylic acids is 1. The molecular weight excluding hydrogens is 484 g/mol. The molecule has 2 unspecified atom stereocenters. The summed E-state index contributed by atoms with van der Waals surface area (Å²) in [6.45, 7) is 2.31. The first kappa shape index (κ1) is 23.3. The Balaban J connectivity index is 1.32. The van der Waals surface area contributed by atoms with Gasteiger partial charge >= 0.3 is 0 Å². The van der Waals surface area contributed by atoms with Crippen molar-refractivity contribution in [2.24, 2.45) is 0 Å². The van der Waals surface area contributed by atoms with Crippen molar-refractivity contribution in [2.75, 3.05) is 11.9 Å². The first-order chi connectivity index (χ1) is 17.9. The second kappa shape index (κ2) is 8.79. The number of phenolic OH excluding ortho intramolecular Hbond substituents is 1. The molecule has 1 fully saturated rings. The van der Waals surface area contributed by atoms with Gasteiger partial charge in [0, 0.05) is 28.3 Å². The molecule has 2 atom stereocenters. The summed E-state index contributed by atoms with van der Waals surface area (Å²) in [4.78, 5) is 13.2. The number of phenols is 1. The molecule has 6 rings (SSSR count). The zero-order valence-electron chi connectivity index (χ0n) is 20.2. The van der Waals surface area contributed by atoms with Crippen LogP contribution in [0, 0.1) is 5.41 Å². The van der Waals surface area contributed by atoms with E-state index < -0.39 is 5.41 Å². The fourth-order valence-corrected chi connectivity index (χ4v) is 5.75. The Bertz CT molecular complexity index is 1550. The van der Waals surface area contributed by atoms with Gasteiger partial charge in [-0.05, 0) is 65.9 Å². The lowest BCUT2D eigenvalue weighted by Gasteiger charge is -2.13. The van der Waals surface area contributed by atoms with Crippen LogP contribution >= 0.6 is 11.6 Å². The highest BCUT2D eigenvalue weighted by atomic mass is 35.5. The highest BCUT2D eigenvalue weighted by Crippen LogP contribution is 2.65. The van der Waals surface area contributed by atoms with Crippen LogP contribution in [-0.4, -0.2) is 23.5 Å². The van der Waals surface area contributed by atoms with Crippen molar-refractivity contribution in [3.05, 3.63) is 107 Å². The molecule has 0 bridgehead atoms. The van der Waals surface area contributed by atoms with Gasteiger partial charge in [0.1, 0.15) is 5.75 Å². The average Bonchev–Trinajstić information content (AvgIpc) is 3.60. The van der Waals surface area contributed by atoms with Crippen LogP contribution in [0.5, 0.6) is 5.75 Å². The number of halogens is 1. The number of para-hydroxylation sites is 1. The quantitative estimate of drug-likeness (QED) is 0.198. The number of nitrogens with one attached hydrogen (secondary N) is 2. The van der Waals surface area contributed by atoms with Gasteiger partial charge in [0.25, 0.3) is 0 Å². The van der Waals surface area contributed by atoms with E-state index >= 15 is 0 Å². The number of hydrogen-bond acceptors (Lipinski definition) is 4. The first-order valence-corrected chi connectivity index (χ1v) is 12.7. The molecule has 4 aromatic carbocycles. The first-order valence-electron chi connectivity index (χ1n) is 12.3. The number of rotatable bonds is 5. The van der Waals surface area contributed by atoms with E-state index in [0.29, 0.717) is 11.6 Å². The van der Waals surface area contributed by atoms with Crippen LogP contribution in [-0.2, 0) is 14.9 Å². The maximum atomic E-state index is 13.2. The Morgan fingerprint density at radius 3 is 2.38 bits per heavy atom. The molecule has 5 nitrogen and oxygen atoms in total. The third-order valence-electron chi connectivity index (χ3n) is 7.48. The van der Waals surface area contributed by atoms with E-state index in [1.54, 1.807) is 12.1 Å². The van der Waals surface area contributed by atoms with Crippen LogP contribution in [0.25, 0.3) is 22.3 Å². The topological polar surface area (TPSA) is 82.4 Å². The number of benzene rings is 4. The number of hydrogen-bond donors (Lipinski definition) is 3. The molecule has 1 aliphatic heterocycles. The van der Waals surface area contributed by atoms with Crippen molar-refractivity contribution in [2.45, 2.75) is 24.7 Å². The Morgan fingerprint density at radius 2 is 1.70 bits per heavy atom. The third-order valence-corrected chi connectivity index (χ3v) is 7.79. The minimum Gasteiger partial charge on any atom is -0.507 e. The summed E-state index contributed by atoms with van der Waals surface area (Å²) in [5, 5.41) is 21.8. The Kier molecular flexibility index (Phi) is 5.54. The molecule has 6 heteroatoms. The summed E-state index contributed by atoms with van der Waals surface area (Å²) in [6.07, 6.45) is 0.724. The number of ether oxygens (including phenoxy) is 1. The molecule has 1 saturated carbocycles. The summed E-state index contributed by atoms with van der Waals surface area (Å²) in [7, 11) is 0. The van der Waals surface area contributed by atoms with E-state index in [-0.39, 0.29) is 23.5 Å². The van der Waals surface area contributed by atoms with Gasteiger partial charge in [0.05, 0.1) is 17.0 Å². The number of aromatic hydroxyl groups is 1. The van der Waals surface area contributed by atoms with Crippen LogP contribution in [0.1, 0.15) is 36.0 Å². The number of fused-ring (bicyclic) bond motifs is 2. The van der Waals surface area contributed by atoms with Crippen LogP contribution in [0.15, 0.2) is 84.9 Å². The van der Waals surface area contributed by atoms with E-state index in [9.17, 15) is 9.90 Å². The zero-order chi connectivity index (χ0) is 25.7. The highest BCUT2D eigenvalue weighted by Gasteiger charge is 2.65. The van der Waals surface area contributed by atoms with Gasteiger partial charge in [-0.1, -0.05) is 66.2 Å². The van der Waals surface area contributed by atoms with Gasteiger partial charge in [0.15, 0.2) is 0 Å². The van der Waals surface area contributed by atoms with Crippen molar-refractivity contribution in [1.82, 2.24) is 0 Å². The van der Waals surface area contributed by atoms with E-state index in [2.05, 4.69) is 5.32 Å². The van der Waals surface area contributed by atoms with Crippen molar-refractivity contribution in [3.63, 3.8) is 0 Å². The third kappa shape index (κ3) is 3.78. The fourth-order valence-electron chi connectivity index (χ4n) is 5.48. The number of carbonyl (C=O) groups is 1. The predicted octanol–water partition coefficient (Wildman–Crippen LogP) is 7.12. The van der Waals surface area contributed by atoms with Crippen molar-refractivity contribution in [1.29, 1.82) is 5.41 Å². The standard InChI is InChI=1S/C31H25ClN2O3/c1-2-37-29(33)21-13-11-20(12-14-21)25-17-31(25)24-15-23(26(32)16-27(24)34-30(31)36)19-9-7-18(8-10-19)22-5-3-4-6-28(22)35/h3-16,25,33,35H,2,17H2,1H3,(H,34,36). The molecule has 1 spiro atoms. The smallest absolute Gasteiger partial charge is 0.235 e. The molecule has 1 amide bonds. The highest BCUT2D eigenvalue weighted by molar-refractivity contribution is 6.34. The van der Waals surface area contributed by atoms with E-state index in [4.69, 9.17) is 21.7 Å². The van der Waals surface area contributed by atoms with Gasteiger partial charge in [0.2, 0.25) is 11.8 Å². The lowest BCUT2D eigenvalue weighted by molar-refractivity contribution is -0.118. The number of amides is 1. The van der Waals surface area contributed by atoms with Gasteiger partial charge < -0.3 is 15.2 Å². The maximum absolute atomic E-state index is 13.2. The number of anilines is 1. The minimum absolute atomic E-state index is 0.00162. The zero-order valence-corrected chi connectivity index (χ0v) is 21.0. The van der Waals surface area contributed by atoms with Crippen LogP contribution in [0.3, 0.4) is 0 Å². The molecular formula is C31H25ClN2O3.